The number of rotatable bonds is 6. The molecule has 0 heterocycles. The smallest absolute Gasteiger partial charge is 0.130 e. The van der Waals surface area contributed by atoms with E-state index >= 15 is 0 Å². The van der Waals surface area contributed by atoms with E-state index in [9.17, 15) is 0 Å². The van der Waals surface area contributed by atoms with Gasteiger partial charge in [0, 0.05) is 13.2 Å². The molecular weight excluding hydrogens is 142 g/mol. The maximum atomic E-state index is 5.35. The molecule has 0 fully saturated rings. The molecule has 0 aromatic rings. The van der Waals surface area contributed by atoms with Crippen molar-refractivity contribution in [3.8, 4) is 0 Å². The predicted molar refractivity (Wildman–Crippen MR) is 45.1 cm³/mol. The lowest BCUT2D eigenvalue weighted by Crippen LogP contribution is -2.35. The molecule has 0 N–H and O–H groups in total. The molecule has 0 radical (unpaired) electrons. The Labute approximate surface area is 69.2 Å². The fourth-order valence-electron chi connectivity index (χ4n) is 0.944. The highest BCUT2D eigenvalue weighted by Gasteiger charge is 2.10. The lowest BCUT2D eigenvalue weighted by atomic mass is 10.6. The molecule has 1 unspecified atom stereocenters. The Kier molecular flexibility index (Phi) is 6.51. The molecule has 0 aromatic carbocycles. The van der Waals surface area contributed by atoms with Crippen LogP contribution in [0.2, 0.25) is 0 Å². The van der Waals surface area contributed by atoms with Crippen LogP contribution in [0.15, 0.2) is 0 Å². The molecule has 0 aliphatic carbocycles. The van der Waals surface area contributed by atoms with Gasteiger partial charge in [-0.25, -0.2) is 0 Å². The first-order chi connectivity index (χ1) is 5.26. The number of hydrogen-bond donors (Lipinski definition) is 0. The van der Waals surface area contributed by atoms with Crippen LogP contribution in [-0.4, -0.2) is 31.0 Å². The van der Waals surface area contributed by atoms with Crippen LogP contribution in [0.3, 0.4) is 0 Å². The van der Waals surface area contributed by atoms with Gasteiger partial charge in [0.2, 0.25) is 0 Å². The third kappa shape index (κ3) is 4.35. The molecular formula is C8H19NO2. The first kappa shape index (κ1) is 10.9. The first-order valence-electron chi connectivity index (χ1n) is 4.27. The molecule has 0 aromatic heterocycles. The number of hydrogen-bond acceptors (Lipinski definition) is 3. The second kappa shape index (κ2) is 6.58. The summed E-state index contributed by atoms with van der Waals surface area (Å²) in [5.74, 6) is 0. The predicted octanol–water partition coefficient (Wildman–Crippen LogP) is 1.64. The second-order valence-corrected chi connectivity index (χ2v) is 2.21. The molecule has 3 heteroatoms. The summed E-state index contributed by atoms with van der Waals surface area (Å²) in [6.45, 7) is 10.3. The van der Waals surface area contributed by atoms with Crippen molar-refractivity contribution in [2.75, 3.05) is 19.8 Å². The van der Waals surface area contributed by atoms with Crippen molar-refractivity contribution in [2.45, 2.75) is 33.9 Å². The quantitative estimate of drug-likeness (QED) is 0.436. The Morgan fingerprint density at radius 3 is 2.18 bits per heavy atom. The SMILES string of the molecule is CCOC(C)N(CC)OCC. The molecule has 68 valence electrons. The fraction of sp³-hybridized carbons (Fsp3) is 1.00. The van der Waals surface area contributed by atoms with Gasteiger partial charge in [-0.1, -0.05) is 0 Å². The van der Waals surface area contributed by atoms with Gasteiger partial charge in [-0.3, -0.25) is 4.84 Å². The van der Waals surface area contributed by atoms with Crippen molar-refractivity contribution in [2.24, 2.45) is 0 Å². The van der Waals surface area contributed by atoms with Gasteiger partial charge in [0.25, 0.3) is 0 Å². The summed E-state index contributed by atoms with van der Waals surface area (Å²) in [4.78, 5) is 5.31. The van der Waals surface area contributed by atoms with Gasteiger partial charge in [-0.2, -0.15) is 5.06 Å². The summed E-state index contributed by atoms with van der Waals surface area (Å²) in [5, 5.41) is 1.84. The minimum atomic E-state index is 0.0601. The van der Waals surface area contributed by atoms with E-state index in [-0.39, 0.29) is 6.23 Å². The summed E-state index contributed by atoms with van der Waals surface area (Å²) < 4.78 is 5.35. The van der Waals surface area contributed by atoms with E-state index in [2.05, 4.69) is 0 Å². The van der Waals surface area contributed by atoms with Gasteiger partial charge >= 0.3 is 0 Å². The molecule has 0 spiro atoms. The van der Waals surface area contributed by atoms with E-state index in [1.807, 2.05) is 32.8 Å². The zero-order valence-corrected chi connectivity index (χ0v) is 7.96. The molecule has 0 aliphatic rings. The van der Waals surface area contributed by atoms with Crippen molar-refractivity contribution in [3.63, 3.8) is 0 Å². The number of ether oxygens (including phenoxy) is 1. The molecule has 3 nitrogen and oxygen atoms in total. The summed E-state index contributed by atoms with van der Waals surface area (Å²) in [7, 11) is 0. The van der Waals surface area contributed by atoms with E-state index in [4.69, 9.17) is 9.57 Å². The van der Waals surface area contributed by atoms with Crippen LogP contribution >= 0.6 is 0 Å². The van der Waals surface area contributed by atoms with Crippen molar-refractivity contribution in [1.29, 1.82) is 0 Å². The maximum Gasteiger partial charge on any atom is 0.130 e. The summed E-state index contributed by atoms with van der Waals surface area (Å²) in [6.07, 6.45) is 0.0601. The van der Waals surface area contributed by atoms with Gasteiger partial charge in [-0.05, 0) is 27.7 Å². The van der Waals surface area contributed by atoms with Crippen molar-refractivity contribution >= 4 is 0 Å². The van der Waals surface area contributed by atoms with Crippen LogP contribution in [0, 0.1) is 0 Å². The lowest BCUT2D eigenvalue weighted by Gasteiger charge is -2.25. The zero-order chi connectivity index (χ0) is 8.69. The van der Waals surface area contributed by atoms with Crippen LogP contribution in [0.25, 0.3) is 0 Å². The van der Waals surface area contributed by atoms with E-state index in [1.165, 1.54) is 0 Å². The van der Waals surface area contributed by atoms with Crippen LogP contribution in [0.4, 0.5) is 0 Å². The Bertz CT molecular complexity index is 88.2. The van der Waals surface area contributed by atoms with Gasteiger partial charge in [0.05, 0.1) is 6.61 Å². The van der Waals surface area contributed by atoms with Crippen LogP contribution < -0.4 is 0 Å². The minimum absolute atomic E-state index is 0.0601. The average molecular weight is 161 g/mol. The largest absolute Gasteiger partial charge is 0.362 e. The molecule has 0 bridgehead atoms. The van der Waals surface area contributed by atoms with Crippen LogP contribution in [-0.2, 0) is 9.57 Å². The van der Waals surface area contributed by atoms with Crippen molar-refractivity contribution in [3.05, 3.63) is 0 Å². The standard InChI is InChI=1S/C8H19NO2/c1-5-9(11-7-3)8(4)10-6-2/h8H,5-7H2,1-4H3. The van der Waals surface area contributed by atoms with E-state index in [0.717, 1.165) is 13.2 Å². The number of hydroxylamine groups is 2. The molecule has 0 saturated heterocycles. The van der Waals surface area contributed by atoms with E-state index in [0.29, 0.717) is 6.61 Å². The molecule has 0 amide bonds. The third-order valence-corrected chi connectivity index (χ3v) is 1.42. The minimum Gasteiger partial charge on any atom is -0.362 e. The topological polar surface area (TPSA) is 21.7 Å². The Balaban J connectivity index is 3.61. The fourth-order valence-corrected chi connectivity index (χ4v) is 0.944. The van der Waals surface area contributed by atoms with E-state index < -0.39 is 0 Å². The van der Waals surface area contributed by atoms with Gasteiger partial charge in [0.15, 0.2) is 0 Å². The molecule has 0 aliphatic heterocycles. The zero-order valence-electron chi connectivity index (χ0n) is 7.96. The highest BCUT2D eigenvalue weighted by atomic mass is 16.7. The summed E-state index contributed by atoms with van der Waals surface area (Å²) >= 11 is 0. The van der Waals surface area contributed by atoms with Gasteiger partial charge < -0.3 is 4.74 Å². The maximum absolute atomic E-state index is 5.35. The Morgan fingerprint density at radius 1 is 1.18 bits per heavy atom. The highest BCUT2D eigenvalue weighted by Crippen LogP contribution is 2.00. The summed E-state index contributed by atoms with van der Waals surface area (Å²) in [6, 6.07) is 0. The highest BCUT2D eigenvalue weighted by molar-refractivity contribution is 4.43. The Hall–Kier alpha value is -0.120. The normalized spacial score (nSPS) is 13.9. The van der Waals surface area contributed by atoms with Crippen molar-refractivity contribution in [1.82, 2.24) is 5.06 Å². The van der Waals surface area contributed by atoms with Crippen LogP contribution in [0.5, 0.6) is 0 Å². The van der Waals surface area contributed by atoms with Gasteiger partial charge in [0.1, 0.15) is 6.23 Å². The van der Waals surface area contributed by atoms with Crippen molar-refractivity contribution < 1.29 is 9.57 Å². The molecule has 0 rings (SSSR count). The van der Waals surface area contributed by atoms with E-state index in [1.54, 1.807) is 0 Å². The first-order valence-corrected chi connectivity index (χ1v) is 4.27. The average Bonchev–Trinajstić information content (AvgIpc) is 2.00. The van der Waals surface area contributed by atoms with Gasteiger partial charge in [-0.15, -0.1) is 0 Å². The monoisotopic (exact) mass is 161 g/mol. The molecule has 1 atom stereocenters. The summed E-state index contributed by atoms with van der Waals surface area (Å²) in [5.41, 5.74) is 0. The number of nitrogens with zero attached hydrogens (tertiary/aromatic N) is 1. The lowest BCUT2D eigenvalue weighted by molar-refractivity contribution is -0.241. The molecule has 11 heavy (non-hydrogen) atoms. The molecule has 0 saturated carbocycles. The van der Waals surface area contributed by atoms with Crippen LogP contribution in [0.1, 0.15) is 27.7 Å². The third-order valence-electron chi connectivity index (χ3n) is 1.42. The Morgan fingerprint density at radius 2 is 1.82 bits per heavy atom. The second-order valence-electron chi connectivity index (χ2n) is 2.21.